The number of para-hydroxylation sites is 1. The van der Waals surface area contributed by atoms with Crippen LogP contribution in [0.1, 0.15) is 19.3 Å². The van der Waals surface area contributed by atoms with Gasteiger partial charge in [0, 0.05) is 58.2 Å². The number of nitrogens with zero attached hydrogens (tertiary/aromatic N) is 4. The third-order valence-corrected chi connectivity index (χ3v) is 5.20. The smallest absolute Gasteiger partial charge is 0.191 e. The Morgan fingerprint density at radius 1 is 1.23 bits per heavy atom. The molecule has 1 aliphatic rings. The Bertz CT molecular complexity index is 788. The van der Waals surface area contributed by atoms with E-state index in [1.54, 1.807) is 19.3 Å². The van der Waals surface area contributed by atoms with Gasteiger partial charge in [0.2, 0.25) is 0 Å². The number of unbranched alkanes of at least 4 members (excludes halogenated alkanes) is 1. The number of guanidine groups is 1. The molecule has 0 saturated carbocycles. The molecule has 1 aliphatic heterocycles. The number of aliphatic imine (C=N–C) groups is 1. The molecule has 2 aromatic rings. The summed E-state index contributed by atoms with van der Waals surface area (Å²) in [5.41, 5.74) is 1.24. The van der Waals surface area contributed by atoms with E-state index < -0.39 is 0 Å². The minimum absolute atomic E-state index is 0. The van der Waals surface area contributed by atoms with Gasteiger partial charge in [-0.3, -0.25) is 4.99 Å². The number of nitrogens with one attached hydrogen (secondary N) is 2. The summed E-state index contributed by atoms with van der Waals surface area (Å²) >= 11 is 0. The van der Waals surface area contributed by atoms with Crippen LogP contribution < -0.4 is 20.4 Å². The second kappa shape index (κ2) is 12.6. The lowest BCUT2D eigenvalue weighted by molar-refractivity contribution is 0.611. The Morgan fingerprint density at radius 2 is 2.03 bits per heavy atom. The van der Waals surface area contributed by atoms with E-state index in [0.717, 1.165) is 51.4 Å². The number of halogens is 2. The fourth-order valence-corrected chi connectivity index (χ4v) is 3.56. The summed E-state index contributed by atoms with van der Waals surface area (Å²) in [5, 5.41) is 6.83. The first-order valence-corrected chi connectivity index (χ1v) is 10.3. The highest BCUT2D eigenvalue weighted by atomic mass is 127. The number of rotatable bonds is 8. The van der Waals surface area contributed by atoms with Crippen molar-refractivity contribution in [1.82, 2.24) is 15.6 Å². The SMILES string of the molecule is CN=C(NCCCCN(C)c1ccccc1)NC1CCN(c2ncccc2F)C1.I. The molecule has 0 bridgehead atoms. The maximum atomic E-state index is 13.9. The van der Waals surface area contributed by atoms with Crippen molar-refractivity contribution < 1.29 is 4.39 Å². The van der Waals surface area contributed by atoms with Crippen LogP contribution in [0, 0.1) is 5.82 Å². The minimum atomic E-state index is -0.267. The first kappa shape index (κ1) is 24.2. The first-order chi connectivity index (χ1) is 14.2. The van der Waals surface area contributed by atoms with Crippen LogP contribution in [0.4, 0.5) is 15.9 Å². The van der Waals surface area contributed by atoms with Crippen molar-refractivity contribution >= 4 is 41.4 Å². The van der Waals surface area contributed by atoms with Crippen molar-refractivity contribution in [2.75, 3.05) is 50.1 Å². The second-order valence-corrected chi connectivity index (χ2v) is 7.35. The highest BCUT2D eigenvalue weighted by molar-refractivity contribution is 14.0. The third-order valence-electron chi connectivity index (χ3n) is 5.20. The molecule has 0 radical (unpaired) electrons. The van der Waals surface area contributed by atoms with Crippen LogP contribution in [-0.2, 0) is 0 Å². The average molecular weight is 526 g/mol. The largest absolute Gasteiger partial charge is 0.375 e. The van der Waals surface area contributed by atoms with E-state index in [1.807, 2.05) is 11.0 Å². The predicted molar refractivity (Wildman–Crippen MR) is 134 cm³/mol. The molecule has 1 aromatic carbocycles. The summed E-state index contributed by atoms with van der Waals surface area (Å²) in [6.07, 6.45) is 4.73. The Kier molecular flexibility index (Phi) is 10.1. The lowest BCUT2D eigenvalue weighted by Crippen LogP contribution is -2.45. The summed E-state index contributed by atoms with van der Waals surface area (Å²) in [4.78, 5) is 12.8. The molecule has 1 aromatic heterocycles. The van der Waals surface area contributed by atoms with Gasteiger partial charge in [-0.2, -0.15) is 0 Å². The zero-order chi connectivity index (χ0) is 20.5. The number of hydrogen-bond acceptors (Lipinski definition) is 4. The van der Waals surface area contributed by atoms with Gasteiger partial charge >= 0.3 is 0 Å². The molecular weight excluding hydrogens is 494 g/mol. The zero-order valence-electron chi connectivity index (χ0n) is 17.7. The van der Waals surface area contributed by atoms with Gasteiger partial charge in [-0.15, -0.1) is 24.0 Å². The summed E-state index contributed by atoms with van der Waals surface area (Å²) in [6, 6.07) is 13.7. The normalized spacial score (nSPS) is 16.2. The molecule has 1 saturated heterocycles. The quantitative estimate of drug-likeness (QED) is 0.239. The van der Waals surface area contributed by atoms with Gasteiger partial charge in [0.1, 0.15) is 0 Å². The maximum absolute atomic E-state index is 13.9. The molecule has 1 unspecified atom stereocenters. The molecule has 164 valence electrons. The number of benzene rings is 1. The summed E-state index contributed by atoms with van der Waals surface area (Å²) in [6.45, 7) is 3.39. The highest BCUT2D eigenvalue weighted by Crippen LogP contribution is 2.20. The summed E-state index contributed by atoms with van der Waals surface area (Å²) < 4.78 is 13.9. The van der Waals surface area contributed by atoms with Gasteiger partial charge in [-0.05, 0) is 43.5 Å². The van der Waals surface area contributed by atoms with Crippen LogP contribution in [0.15, 0.2) is 53.7 Å². The fraction of sp³-hybridized carbons (Fsp3) is 0.455. The molecule has 1 fully saturated rings. The van der Waals surface area contributed by atoms with E-state index in [4.69, 9.17) is 0 Å². The molecule has 6 nitrogen and oxygen atoms in total. The number of hydrogen-bond donors (Lipinski definition) is 2. The van der Waals surface area contributed by atoms with Crippen molar-refractivity contribution in [3.8, 4) is 0 Å². The van der Waals surface area contributed by atoms with Crippen molar-refractivity contribution in [2.24, 2.45) is 4.99 Å². The lowest BCUT2D eigenvalue weighted by atomic mass is 10.2. The maximum Gasteiger partial charge on any atom is 0.191 e. The van der Waals surface area contributed by atoms with Gasteiger partial charge in [0.15, 0.2) is 17.6 Å². The predicted octanol–water partition coefficient (Wildman–Crippen LogP) is 3.50. The van der Waals surface area contributed by atoms with E-state index in [-0.39, 0.29) is 35.8 Å². The van der Waals surface area contributed by atoms with Crippen molar-refractivity contribution in [1.29, 1.82) is 0 Å². The van der Waals surface area contributed by atoms with Crippen molar-refractivity contribution in [3.63, 3.8) is 0 Å². The number of anilines is 2. The van der Waals surface area contributed by atoms with E-state index in [0.29, 0.717) is 5.82 Å². The molecule has 1 atom stereocenters. The van der Waals surface area contributed by atoms with E-state index in [2.05, 4.69) is 56.8 Å². The molecule has 2 N–H and O–H groups in total. The standard InChI is InChI=1S/C22H31FN6.HI/c1-24-22(26-13-6-7-15-28(2)19-9-4-3-5-10-19)27-18-12-16-29(17-18)21-20(23)11-8-14-25-21;/h3-5,8-11,14,18H,6-7,12-13,15-17H2,1-2H3,(H2,24,26,27);1H. The number of pyridine rings is 1. The third kappa shape index (κ3) is 7.00. The number of aromatic nitrogens is 1. The van der Waals surface area contributed by atoms with E-state index >= 15 is 0 Å². The van der Waals surface area contributed by atoms with Crippen molar-refractivity contribution in [2.45, 2.75) is 25.3 Å². The van der Waals surface area contributed by atoms with Gasteiger partial charge in [0.25, 0.3) is 0 Å². The molecule has 0 aliphatic carbocycles. The topological polar surface area (TPSA) is 55.8 Å². The Hall–Kier alpha value is -2.10. The molecule has 8 heteroatoms. The molecule has 0 amide bonds. The Balaban J connectivity index is 0.00000320. The Labute approximate surface area is 196 Å². The molecule has 3 rings (SSSR count). The van der Waals surface area contributed by atoms with Crippen molar-refractivity contribution in [3.05, 3.63) is 54.5 Å². The lowest BCUT2D eigenvalue weighted by Gasteiger charge is -2.20. The van der Waals surface area contributed by atoms with Crippen LogP contribution in [0.3, 0.4) is 0 Å². The molecular formula is C22H32FIN6. The van der Waals surface area contributed by atoms with Crippen LogP contribution in [0.25, 0.3) is 0 Å². The van der Waals surface area contributed by atoms with Crippen LogP contribution >= 0.6 is 24.0 Å². The van der Waals surface area contributed by atoms with E-state index in [9.17, 15) is 4.39 Å². The van der Waals surface area contributed by atoms with Crippen LogP contribution in [0.2, 0.25) is 0 Å². The van der Waals surface area contributed by atoms with Gasteiger partial charge in [0.05, 0.1) is 0 Å². The summed E-state index contributed by atoms with van der Waals surface area (Å²) in [5.74, 6) is 0.966. The van der Waals surface area contributed by atoms with Crippen LogP contribution in [-0.4, -0.2) is 57.3 Å². The highest BCUT2D eigenvalue weighted by Gasteiger charge is 2.25. The van der Waals surface area contributed by atoms with E-state index in [1.165, 1.54) is 11.8 Å². The van der Waals surface area contributed by atoms with Gasteiger partial charge in [-0.1, -0.05) is 18.2 Å². The molecule has 2 heterocycles. The Morgan fingerprint density at radius 3 is 2.77 bits per heavy atom. The van der Waals surface area contributed by atoms with Gasteiger partial charge < -0.3 is 20.4 Å². The van der Waals surface area contributed by atoms with Crippen LogP contribution in [0.5, 0.6) is 0 Å². The molecule has 0 spiro atoms. The zero-order valence-corrected chi connectivity index (χ0v) is 20.1. The molecule has 30 heavy (non-hydrogen) atoms. The fourth-order valence-electron chi connectivity index (χ4n) is 3.56. The summed E-state index contributed by atoms with van der Waals surface area (Å²) in [7, 11) is 3.91. The minimum Gasteiger partial charge on any atom is -0.375 e. The second-order valence-electron chi connectivity index (χ2n) is 7.35. The monoisotopic (exact) mass is 526 g/mol. The first-order valence-electron chi connectivity index (χ1n) is 10.3. The average Bonchev–Trinajstić information content (AvgIpc) is 3.21. The van der Waals surface area contributed by atoms with Gasteiger partial charge in [-0.25, -0.2) is 9.37 Å².